The van der Waals surface area contributed by atoms with Crippen LogP contribution in [0.15, 0.2) is 0 Å². The summed E-state index contributed by atoms with van der Waals surface area (Å²) in [7, 11) is 1.56. The lowest BCUT2D eigenvalue weighted by atomic mass is 10.2. The van der Waals surface area contributed by atoms with Crippen LogP contribution in [0.3, 0.4) is 0 Å². The molecule has 0 spiro atoms. The van der Waals surface area contributed by atoms with Crippen molar-refractivity contribution in [3.05, 3.63) is 0 Å². The van der Waals surface area contributed by atoms with Gasteiger partial charge in [-0.25, -0.2) is 9.59 Å². The van der Waals surface area contributed by atoms with E-state index in [9.17, 15) is 9.59 Å². The van der Waals surface area contributed by atoms with Crippen LogP contribution in [0, 0.1) is 0 Å². The molecule has 7 nitrogen and oxygen atoms in total. The van der Waals surface area contributed by atoms with E-state index in [2.05, 4.69) is 10.6 Å². The minimum atomic E-state index is -1.17. The maximum Gasteiger partial charge on any atom is 0.326 e. The van der Waals surface area contributed by atoms with Crippen LogP contribution in [0.2, 0.25) is 0 Å². The molecule has 0 saturated carbocycles. The van der Waals surface area contributed by atoms with Gasteiger partial charge < -0.3 is 25.6 Å². The third kappa shape index (κ3) is 7.02. The Hall–Kier alpha value is -1.34. The predicted octanol–water partition coefficient (Wildman–Crippen LogP) is -0.842. The highest BCUT2D eigenvalue weighted by atomic mass is 16.5. The van der Waals surface area contributed by atoms with Crippen molar-refractivity contribution in [2.45, 2.75) is 18.9 Å². The van der Waals surface area contributed by atoms with E-state index in [1.54, 1.807) is 7.11 Å². The van der Waals surface area contributed by atoms with Gasteiger partial charge in [0.1, 0.15) is 6.04 Å². The van der Waals surface area contributed by atoms with Gasteiger partial charge in [-0.1, -0.05) is 0 Å². The lowest BCUT2D eigenvalue weighted by Gasteiger charge is -2.13. The van der Waals surface area contributed by atoms with E-state index in [4.69, 9.17) is 14.9 Å². The number of methoxy groups -OCH3 is 1. The fraction of sp³-hybridized carbons (Fsp3) is 0.778. The van der Waals surface area contributed by atoms with Crippen LogP contribution < -0.4 is 10.6 Å². The zero-order valence-corrected chi connectivity index (χ0v) is 9.23. The van der Waals surface area contributed by atoms with E-state index in [1.165, 1.54) is 0 Å². The van der Waals surface area contributed by atoms with E-state index in [0.717, 1.165) is 0 Å². The molecule has 0 aliphatic carbocycles. The molecule has 0 bridgehead atoms. The molecule has 2 amide bonds. The van der Waals surface area contributed by atoms with Gasteiger partial charge in [0, 0.05) is 33.3 Å². The minimum Gasteiger partial charge on any atom is -0.480 e. The molecular weight excluding hydrogens is 216 g/mol. The molecule has 4 N–H and O–H groups in total. The number of carboxylic acids is 1. The van der Waals surface area contributed by atoms with Gasteiger partial charge in [-0.15, -0.1) is 0 Å². The van der Waals surface area contributed by atoms with Crippen molar-refractivity contribution in [1.82, 2.24) is 10.6 Å². The second-order valence-corrected chi connectivity index (χ2v) is 3.15. The maximum absolute atomic E-state index is 11.2. The summed E-state index contributed by atoms with van der Waals surface area (Å²) >= 11 is 0. The number of aliphatic hydroxyl groups excluding tert-OH is 1. The number of hydrogen-bond acceptors (Lipinski definition) is 4. The molecule has 94 valence electrons. The third-order valence-electron chi connectivity index (χ3n) is 1.83. The van der Waals surface area contributed by atoms with E-state index in [-0.39, 0.29) is 13.0 Å². The first-order valence-electron chi connectivity index (χ1n) is 4.98. The zero-order chi connectivity index (χ0) is 12.4. The molecule has 0 radical (unpaired) electrons. The smallest absolute Gasteiger partial charge is 0.326 e. The van der Waals surface area contributed by atoms with Gasteiger partial charge in [0.05, 0.1) is 0 Å². The number of nitrogens with one attached hydrogen (secondary N) is 2. The quantitative estimate of drug-likeness (QED) is 0.409. The average molecular weight is 234 g/mol. The molecule has 0 heterocycles. The lowest BCUT2D eigenvalue weighted by molar-refractivity contribution is -0.139. The number of ether oxygens (including phenoxy) is 1. The molecule has 7 heteroatoms. The minimum absolute atomic E-state index is 0.0131. The molecule has 0 aromatic carbocycles. The molecule has 0 rings (SSSR count). The zero-order valence-electron chi connectivity index (χ0n) is 9.23. The van der Waals surface area contributed by atoms with Crippen molar-refractivity contribution in [3.63, 3.8) is 0 Å². The van der Waals surface area contributed by atoms with Crippen molar-refractivity contribution in [2.75, 3.05) is 26.9 Å². The normalized spacial score (nSPS) is 11.9. The first-order chi connectivity index (χ1) is 7.61. The number of hydrogen-bond donors (Lipinski definition) is 4. The van der Waals surface area contributed by atoms with Gasteiger partial charge in [0.15, 0.2) is 0 Å². The lowest BCUT2D eigenvalue weighted by Crippen LogP contribution is -2.46. The van der Waals surface area contributed by atoms with Crippen molar-refractivity contribution in [2.24, 2.45) is 0 Å². The number of urea groups is 1. The van der Waals surface area contributed by atoms with Crippen LogP contribution in [0.4, 0.5) is 4.79 Å². The fourth-order valence-corrected chi connectivity index (χ4v) is 1.01. The summed E-state index contributed by atoms with van der Waals surface area (Å²) in [6.45, 7) is 0.644. The molecule has 0 fully saturated rings. The van der Waals surface area contributed by atoms with Crippen LogP contribution >= 0.6 is 0 Å². The Balaban J connectivity index is 3.77. The summed E-state index contributed by atoms with van der Waals surface area (Å²) in [5.74, 6) is -1.17. The number of amides is 2. The van der Waals surface area contributed by atoms with Gasteiger partial charge >= 0.3 is 12.0 Å². The van der Waals surface area contributed by atoms with Crippen molar-refractivity contribution in [1.29, 1.82) is 0 Å². The van der Waals surface area contributed by atoms with E-state index >= 15 is 0 Å². The Kier molecular flexibility index (Phi) is 8.18. The van der Waals surface area contributed by atoms with E-state index < -0.39 is 18.0 Å². The standard InChI is InChI=1S/C9H18N2O5/c1-16-6-2-4-10-9(15)11-7(3-5-12)8(13)14/h7,12H,2-6H2,1H3,(H,13,14)(H2,10,11,15)/t7-/m0/s1. The molecule has 16 heavy (non-hydrogen) atoms. The van der Waals surface area contributed by atoms with Crippen molar-refractivity contribution < 1.29 is 24.5 Å². The van der Waals surface area contributed by atoms with Gasteiger partial charge in [-0.3, -0.25) is 0 Å². The van der Waals surface area contributed by atoms with Gasteiger partial charge in [0.25, 0.3) is 0 Å². The van der Waals surface area contributed by atoms with Crippen LogP contribution in [0.5, 0.6) is 0 Å². The Bertz CT molecular complexity index is 222. The summed E-state index contributed by atoms with van der Waals surface area (Å²) in [5.41, 5.74) is 0. The van der Waals surface area contributed by atoms with Crippen LogP contribution in [0.25, 0.3) is 0 Å². The molecule has 0 saturated heterocycles. The third-order valence-corrected chi connectivity index (χ3v) is 1.83. The second-order valence-electron chi connectivity index (χ2n) is 3.15. The molecule has 1 atom stereocenters. The predicted molar refractivity (Wildman–Crippen MR) is 56.2 cm³/mol. The second kappa shape index (κ2) is 8.93. The number of carbonyl (C=O) groups excluding carboxylic acids is 1. The summed E-state index contributed by atoms with van der Waals surface area (Å²) in [5, 5.41) is 22.0. The van der Waals surface area contributed by atoms with Crippen LogP contribution in [-0.4, -0.2) is 55.1 Å². The highest BCUT2D eigenvalue weighted by Crippen LogP contribution is 1.91. The average Bonchev–Trinajstić information content (AvgIpc) is 2.23. The Morgan fingerprint density at radius 1 is 1.44 bits per heavy atom. The van der Waals surface area contributed by atoms with Gasteiger partial charge in [-0.2, -0.15) is 0 Å². The molecule has 0 aromatic heterocycles. The SMILES string of the molecule is COCCCNC(=O)N[C@@H](CCO)C(=O)O. The first-order valence-corrected chi connectivity index (χ1v) is 4.98. The number of aliphatic hydroxyl groups is 1. The fourth-order valence-electron chi connectivity index (χ4n) is 1.01. The Morgan fingerprint density at radius 2 is 2.12 bits per heavy atom. The molecule has 0 unspecified atom stereocenters. The Morgan fingerprint density at radius 3 is 2.62 bits per heavy atom. The number of rotatable bonds is 8. The topological polar surface area (TPSA) is 108 Å². The van der Waals surface area contributed by atoms with E-state index in [1.807, 2.05) is 0 Å². The Labute approximate surface area is 93.8 Å². The van der Waals surface area contributed by atoms with Crippen molar-refractivity contribution in [3.8, 4) is 0 Å². The highest BCUT2D eigenvalue weighted by Gasteiger charge is 2.18. The number of aliphatic carboxylic acids is 1. The molecule has 0 aliphatic rings. The van der Waals surface area contributed by atoms with Crippen LogP contribution in [-0.2, 0) is 9.53 Å². The molecule has 0 aliphatic heterocycles. The highest BCUT2D eigenvalue weighted by molar-refractivity contribution is 5.82. The van der Waals surface area contributed by atoms with E-state index in [0.29, 0.717) is 19.6 Å². The maximum atomic E-state index is 11.2. The molecular formula is C9H18N2O5. The number of carboxylic acid groups (broad SMARTS) is 1. The largest absolute Gasteiger partial charge is 0.480 e. The summed E-state index contributed by atoms with van der Waals surface area (Å²) in [4.78, 5) is 21.8. The summed E-state index contributed by atoms with van der Waals surface area (Å²) in [6.07, 6.45) is 0.641. The first kappa shape index (κ1) is 14.7. The van der Waals surface area contributed by atoms with Crippen LogP contribution in [0.1, 0.15) is 12.8 Å². The molecule has 0 aromatic rings. The summed E-state index contributed by atoms with van der Waals surface area (Å²) < 4.78 is 4.78. The summed E-state index contributed by atoms with van der Waals surface area (Å²) in [6, 6.07) is -1.62. The number of carbonyl (C=O) groups is 2. The van der Waals surface area contributed by atoms with Crippen molar-refractivity contribution >= 4 is 12.0 Å². The van der Waals surface area contributed by atoms with Gasteiger partial charge in [0.2, 0.25) is 0 Å². The monoisotopic (exact) mass is 234 g/mol. The van der Waals surface area contributed by atoms with Gasteiger partial charge in [-0.05, 0) is 6.42 Å².